The van der Waals surface area contributed by atoms with Gasteiger partial charge in [-0.25, -0.2) is 0 Å². The summed E-state index contributed by atoms with van der Waals surface area (Å²) in [6.45, 7) is 2.54. The second-order valence-electron chi connectivity index (χ2n) is 5.26. The van der Waals surface area contributed by atoms with Gasteiger partial charge in [-0.05, 0) is 31.9 Å². The number of carbonyl (C=O) groups is 2. The Morgan fingerprint density at radius 3 is 2.83 bits per heavy atom. The van der Waals surface area contributed by atoms with Gasteiger partial charge in [0, 0.05) is 18.7 Å². The van der Waals surface area contributed by atoms with E-state index in [1.165, 1.54) is 23.1 Å². The molecule has 23 heavy (non-hydrogen) atoms. The van der Waals surface area contributed by atoms with Crippen LogP contribution in [0.15, 0.2) is 18.2 Å². The Hall–Kier alpha value is -2.64. The van der Waals surface area contributed by atoms with Crippen molar-refractivity contribution in [3.05, 3.63) is 33.9 Å². The van der Waals surface area contributed by atoms with Crippen LogP contribution in [0.5, 0.6) is 5.75 Å². The predicted octanol–water partition coefficient (Wildman–Crippen LogP) is 2.07. The number of nitro groups is 1. The van der Waals surface area contributed by atoms with Gasteiger partial charge in [-0.1, -0.05) is 0 Å². The standard InChI is InChI=1S/C15H18N2O6/c1-2-23-11-5-6-13(17(21)22)12(9-11)15(20)16-7-3-4-10(16)8-14(18)19/h5-6,9-10H,2-4,7-8H2,1H3,(H,18,19). The van der Waals surface area contributed by atoms with Crippen molar-refractivity contribution >= 4 is 17.6 Å². The molecule has 0 aromatic heterocycles. The minimum atomic E-state index is -0.993. The Labute approximate surface area is 132 Å². The lowest BCUT2D eigenvalue weighted by Gasteiger charge is -2.23. The molecule has 1 aromatic rings. The molecule has 0 saturated carbocycles. The fraction of sp³-hybridized carbons (Fsp3) is 0.467. The maximum atomic E-state index is 12.7. The van der Waals surface area contributed by atoms with Gasteiger partial charge in [0.1, 0.15) is 11.3 Å². The lowest BCUT2D eigenvalue weighted by atomic mass is 10.1. The second-order valence-corrected chi connectivity index (χ2v) is 5.26. The van der Waals surface area contributed by atoms with Crippen molar-refractivity contribution in [2.75, 3.05) is 13.2 Å². The average Bonchev–Trinajstić information content (AvgIpc) is 2.93. The van der Waals surface area contributed by atoms with Crippen LogP contribution < -0.4 is 4.74 Å². The van der Waals surface area contributed by atoms with Gasteiger partial charge in [-0.15, -0.1) is 0 Å². The number of carbonyl (C=O) groups excluding carboxylic acids is 1. The summed E-state index contributed by atoms with van der Waals surface area (Å²) in [5.41, 5.74) is -0.377. The van der Waals surface area contributed by atoms with E-state index >= 15 is 0 Å². The number of nitrogens with zero attached hydrogens (tertiary/aromatic N) is 2. The Kier molecular flexibility index (Phi) is 5.15. The molecular weight excluding hydrogens is 304 g/mol. The fourth-order valence-corrected chi connectivity index (χ4v) is 2.77. The van der Waals surface area contributed by atoms with Crippen molar-refractivity contribution in [3.8, 4) is 5.75 Å². The summed E-state index contributed by atoms with van der Waals surface area (Å²) in [7, 11) is 0. The van der Waals surface area contributed by atoms with Crippen LogP contribution in [0, 0.1) is 10.1 Å². The molecule has 1 aliphatic rings. The number of benzene rings is 1. The fourth-order valence-electron chi connectivity index (χ4n) is 2.77. The van der Waals surface area contributed by atoms with Gasteiger partial charge in [-0.3, -0.25) is 19.7 Å². The predicted molar refractivity (Wildman–Crippen MR) is 80.6 cm³/mol. The van der Waals surface area contributed by atoms with E-state index in [-0.39, 0.29) is 17.7 Å². The molecule has 0 aliphatic carbocycles. The van der Waals surface area contributed by atoms with Gasteiger partial charge in [0.05, 0.1) is 18.0 Å². The third kappa shape index (κ3) is 3.77. The summed E-state index contributed by atoms with van der Waals surface area (Å²) in [6, 6.07) is 3.59. The maximum Gasteiger partial charge on any atom is 0.305 e. The molecule has 1 N–H and O–H groups in total. The van der Waals surface area contributed by atoms with Crippen molar-refractivity contribution in [1.82, 2.24) is 4.90 Å². The van der Waals surface area contributed by atoms with Crippen LogP contribution in [0.4, 0.5) is 5.69 Å². The molecule has 1 aromatic carbocycles. The van der Waals surface area contributed by atoms with Gasteiger partial charge in [0.15, 0.2) is 0 Å². The average molecular weight is 322 g/mol. The Morgan fingerprint density at radius 2 is 2.22 bits per heavy atom. The third-order valence-corrected chi connectivity index (χ3v) is 3.75. The first-order valence-electron chi connectivity index (χ1n) is 7.38. The van der Waals surface area contributed by atoms with E-state index in [0.29, 0.717) is 31.7 Å². The molecule has 1 atom stereocenters. The van der Waals surface area contributed by atoms with Gasteiger partial charge in [0.25, 0.3) is 11.6 Å². The van der Waals surface area contributed by atoms with Crippen molar-refractivity contribution in [3.63, 3.8) is 0 Å². The molecule has 1 amide bonds. The minimum Gasteiger partial charge on any atom is -0.494 e. The van der Waals surface area contributed by atoms with E-state index in [1.54, 1.807) is 6.92 Å². The molecule has 1 aliphatic heterocycles. The van der Waals surface area contributed by atoms with Crippen LogP contribution in [-0.4, -0.2) is 46.0 Å². The van der Waals surface area contributed by atoms with E-state index in [9.17, 15) is 19.7 Å². The molecule has 0 spiro atoms. The molecular formula is C15H18N2O6. The number of nitro benzene ring substituents is 1. The third-order valence-electron chi connectivity index (χ3n) is 3.75. The molecule has 8 heteroatoms. The van der Waals surface area contributed by atoms with E-state index in [0.717, 1.165) is 0 Å². The van der Waals surface area contributed by atoms with Crippen LogP contribution >= 0.6 is 0 Å². The molecule has 8 nitrogen and oxygen atoms in total. The number of carboxylic acid groups (broad SMARTS) is 1. The summed E-state index contributed by atoms with van der Waals surface area (Å²) < 4.78 is 5.30. The van der Waals surface area contributed by atoms with E-state index in [2.05, 4.69) is 0 Å². The van der Waals surface area contributed by atoms with Crippen LogP contribution in [0.2, 0.25) is 0 Å². The van der Waals surface area contributed by atoms with E-state index in [1.807, 2.05) is 0 Å². The summed E-state index contributed by atoms with van der Waals surface area (Å²) >= 11 is 0. The Morgan fingerprint density at radius 1 is 1.48 bits per heavy atom. The first kappa shape index (κ1) is 16.7. The number of likely N-dealkylation sites (tertiary alicyclic amines) is 1. The first-order chi connectivity index (χ1) is 10.9. The van der Waals surface area contributed by atoms with Crippen LogP contribution in [0.1, 0.15) is 36.5 Å². The molecule has 1 heterocycles. The zero-order valence-corrected chi connectivity index (χ0v) is 12.7. The monoisotopic (exact) mass is 322 g/mol. The molecule has 1 saturated heterocycles. The zero-order valence-electron chi connectivity index (χ0n) is 12.7. The lowest BCUT2D eigenvalue weighted by molar-refractivity contribution is -0.385. The maximum absolute atomic E-state index is 12.7. The second kappa shape index (κ2) is 7.08. The van der Waals surface area contributed by atoms with Gasteiger partial charge < -0.3 is 14.7 Å². The lowest BCUT2D eigenvalue weighted by Crippen LogP contribution is -2.37. The summed E-state index contributed by atoms with van der Waals surface area (Å²) in [4.78, 5) is 35.6. The number of hydrogen-bond acceptors (Lipinski definition) is 5. The molecule has 2 rings (SSSR count). The number of rotatable bonds is 6. The van der Waals surface area contributed by atoms with E-state index in [4.69, 9.17) is 9.84 Å². The summed E-state index contributed by atoms with van der Waals surface area (Å²) in [5, 5.41) is 20.1. The Balaban J connectivity index is 2.34. The van der Waals surface area contributed by atoms with E-state index < -0.39 is 22.8 Å². The number of aliphatic carboxylic acids is 1. The number of ether oxygens (including phenoxy) is 1. The molecule has 1 unspecified atom stereocenters. The van der Waals surface area contributed by atoms with Crippen molar-refractivity contribution in [2.24, 2.45) is 0 Å². The van der Waals surface area contributed by atoms with Gasteiger partial charge in [-0.2, -0.15) is 0 Å². The number of amides is 1. The van der Waals surface area contributed by atoms with Gasteiger partial charge in [0.2, 0.25) is 0 Å². The van der Waals surface area contributed by atoms with Crippen molar-refractivity contribution < 1.29 is 24.4 Å². The van der Waals surface area contributed by atoms with Crippen molar-refractivity contribution in [1.29, 1.82) is 0 Å². The SMILES string of the molecule is CCOc1ccc([N+](=O)[O-])c(C(=O)N2CCCC2CC(=O)O)c1. The first-order valence-corrected chi connectivity index (χ1v) is 7.38. The van der Waals surface area contributed by atoms with Crippen LogP contribution in [0.3, 0.4) is 0 Å². The van der Waals surface area contributed by atoms with Crippen LogP contribution in [-0.2, 0) is 4.79 Å². The quantitative estimate of drug-likeness (QED) is 0.634. The summed E-state index contributed by atoms with van der Waals surface area (Å²) in [5.74, 6) is -1.15. The molecule has 0 radical (unpaired) electrons. The highest BCUT2D eigenvalue weighted by molar-refractivity contribution is 5.99. The molecule has 0 bridgehead atoms. The smallest absolute Gasteiger partial charge is 0.305 e. The molecule has 124 valence electrons. The largest absolute Gasteiger partial charge is 0.494 e. The minimum absolute atomic E-state index is 0.0711. The summed E-state index contributed by atoms with van der Waals surface area (Å²) in [6.07, 6.45) is 1.10. The topological polar surface area (TPSA) is 110 Å². The normalized spacial score (nSPS) is 17.1. The molecule has 1 fully saturated rings. The van der Waals surface area contributed by atoms with Crippen molar-refractivity contribution in [2.45, 2.75) is 32.2 Å². The van der Waals surface area contributed by atoms with Gasteiger partial charge >= 0.3 is 5.97 Å². The Bertz CT molecular complexity index is 630. The zero-order chi connectivity index (χ0) is 17.0. The highest BCUT2D eigenvalue weighted by atomic mass is 16.6. The highest BCUT2D eigenvalue weighted by Crippen LogP contribution is 2.29. The van der Waals surface area contributed by atoms with Crippen LogP contribution in [0.25, 0.3) is 0 Å². The number of carboxylic acids is 1. The highest BCUT2D eigenvalue weighted by Gasteiger charge is 2.34. The number of hydrogen-bond donors (Lipinski definition) is 1.